The average Bonchev–Trinajstić information content (AvgIpc) is 2.82. The number of hydrogen-bond acceptors (Lipinski definition) is 4. The number of aliphatic carboxylic acids is 1. The first-order chi connectivity index (χ1) is 16.6. The minimum Gasteiger partial charge on any atom is -0.480 e. The highest BCUT2D eigenvalue weighted by Gasteiger charge is 2.25. The van der Waals surface area contributed by atoms with Gasteiger partial charge in [-0.1, -0.05) is 35.9 Å². The Bertz CT molecular complexity index is 1320. The lowest BCUT2D eigenvalue weighted by Gasteiger charge is -2.15. The van der Waals surface area contributed by atoms with Gasteiger partial charge in [0, 0.05) is 11.6 Å². The van der Waals surface area contributed by atoms with Crippen LogP contribution in [-0.4, -0.2) is 38.0 Å². The Hall–Kier alpha value is -3.34. The molecule has 3 aromatic rings. The number of amides is 1. The van der Waals surface area contributed by atoms with Gasteiger partial charge in [-0.25, -0.2) is 17.2 Å². The standard InChI is InChI=1S/C24H21ClF2N2O5S/c25-17-7-3-15(4-8-17)16-5-10-19(11-6-16)35(33,34)29-22(24(31)32)2-1-13-28-23(30)20-14-18(26)9-12-21(20)27/h3-12,14,22,29H,1-2,13H2,(H,28,30)(H,31,32). The number of carboxylic acid groups (broad SMARTS) is 1. The Labute approximate surface area is 205 Å². The number of carboxylic acids is 1. The van der Waals surface area contributed by atoms with E-state index < -0.39 is 45.1 Å². The summed E-state index contributed by atoms with van der Waals surface area (Å²) in [4.78, 5) is 23.5. The van der Waals surface area contributed by atoms with Crippen molar-refractivity contribution in [3.05, 3.63) is 89.0 Å². The fourth-order valence-electron chi connectivity index (χ4n) is 3.23. The Morgan fingerprint density at radius 1 is 0.943 bits per heavy atom. The maximum atomic E-state index is 13.7. The van der Waals surface area contributed by atoms with Crippen LogP contribution in [0.1, 0.15) is 23.2 Å². The van der Waals surface area contributed by atoms with Gasteiger partial charge in [0.25, 0.3) is 5.91 Å². The van der Waals surface area contributed by atoms with Gasteiger partial charge < -0.3 is 10.4 Å². The Balaban J connectivity index is 1.59. The number of halogens is 3. The highest BCUT2D eigenvalue weighted by Crippen LogP contribution is 2.23. The van der Waals surface area contributed by atoms with Crippen molar-refractivity contribution in [2.75, 3.05) is 6.54 Å². The molecule has 1 unspecified atom stereocenters. The van der Waals surface area contributed by atoms with Gasteiger partial charge in [-0.2, -0.15) is 4.72 Å². The number of carbonyl (C=O) groups excluding carboxylic acids is 1. The van der Waals surface area contributed by atoms with E-state index in [-0.39, 0.29) is 24.3 Å². The maximum Gasteiger partial charge on any atom is 0.321 e. The topological polar surface area (TPSA) is 113 Å². The highest BCUT2D eigenvalue weighted by molar-refractivity contribution is 7.89. The van der Waals surface area contributed by atoms with Crippen LogP contribution in [0.3, 0.4) is 0 Å². The van der Waals surface area contributed by atoms with Crippen molar-refractivity contribution in [3.63, 3.8) is 0 Å². The SMILES string of the molecule is O=C(NCCCC(NS(=O)(=O)c1ccc(-c2ccc(Cl)cc2)cc1)C(=O)O)c1cc(F)ccc1F. The van der Waals surface area contributed by atoms with Crippen LogP contribution in [0.2, 0.25) is 5.02 Å². The zero-order chi connectivity index (χ0) is 25.6. The summed E-state index contributed by atoms with van der Waals surface area (Å²) in [6.07, 6.45) is -0.0823. The van der Waals surface area contributed by atoms with Crippen molar-refractivity contribution < 1.29 is 31.9 Å². The van der Waals surface area contributed by atoms with Gasteiger partial charge in [0.05, 0.1) is 10.5 Å². The zero-order valence-electron chi connectivity index (χ0n) is 18.2. The van der Waals surface area contributed by atoms with Crippen molar-refractivity contribution in [1.82, 2.24) is 10.0 Å². The molecule has 184 valence electrons. The van der Waals surface area contributed by atoms with Gasteiger partial charge in [-0.05, 0) is 66.4 Å². The molecule has 0 radical (unpaired) electrons. The fourth-order valence-corrected chi connectivity index (χ4v) is 4.58. The number of sulfonamides is 1. The predicted octanol–water partition coefficient (Wildman–Crippen LogP) is 4.23. The molecule has 3 aromatic carbocycles. The van der Waals surface area contributed by atoms with Crippen molar-refractivity contribution in [2.45, 2.75) is 23.8 Å². The van der Waals surface area contributed by atoms with Crippen LogP contribution in [0.25, 0.3) is 11.1 Å². The number of carbonyl (C=O) groups is 2. The molecular formula is C24H21ClF2N2O5S. The fraction of sp³-hybridized carbons (Fsp3) is 0.167. The second-order valence-electron chi connectivity index (χ2n) is 7.57. The summed E-state index contributed by atoms with van der Waals surface area (Å²) in [5.74, 6) is -3.94. The summed E-state index contributed by atoms with van der Waals surface area (Å²) in [5, 5.41) is 12.4. The van der Waals surface area contributed by atoms with Crippen LogP contribution in [0.15, 0.2) is 71.6 Å². The molecule has 0 bridgehead atoms. The summed E-state index contributed by atoms with van der Waals surface area (Å²) in [7, 11) is -4.15. The summed E-state index contributed by atoms with van der Waals surface area (Å²) in [6.45, 7) is -0.0733. The van der Waals surface area contributed by atoms with Gasteiger partial charge in [0.15, 0.2) is 0 Å². The van der Waals surface area contributed by atoms with Gasteiger partial charge in [0.1, 0.15) is 17.7 Å². The van der Waals surface area contributed by atoms with Gasteiger partial charge in [0.2, 0.25) is 10.0 Å². The predicted molar refractivity (Wildman–Crippen MR) is 127 cm³/mol. The maximum absolute atomic E-state index is 13.7. The smallest absolute Gasteiger partial charge is 0.321 e. The molecule has 0 aromatic heterocycles. The largest absolute Gasteiger partial charge is 0.480 e. The van der Waals surface area contributed by atoms with Crippen LogP contribution >= 0.6 is 11.6 Å². The van der Waals surface area contributed by atoms with Crippen molar-refractivity contribution in [1.29, 1.82) is 0 Å². The molecule has 0 aliphatic carbocycles. The van der Waals surface area contributed by atoms with Crippen molar-refractivity contribution >= 4 is 33.5 Å². The monoisotopic (exact) mass is 522 g/mol. The third-order valence-corrected chi connectivity index (χ3v) is 6.81. The molecule has 0 aliphatic heterocycles. The highest BCUT2D eigenvalue weighted by atomic mass is 35.5. The normalized spacial score (nSPS) is 12.2. The lowest BCUT2D eigenvalue weighted by atomic mass is 10.1. The molecule has 1 amide bonds. The molecule has 0 saturated heterocycles. The second kappa shape index (κ2) is 11.4. The first kappa shape index (κ1) is 26.3. The summed E-state index contributed by atoms with van der Waals surface area (Å²) in [5.41, 5.74) is 1.10. The van der Waals surface area contributed by atoms with Crippen LogP contribution < -0.4 is 10.0 Å². The lowest BCUT2D eigenvalue weighted by molar-refractivity contribution is -0.139. The molecule has 7 nitrogen and oxygen atoms in total. The molecule has 1 atom stereocenters. The summed E-state index contributed by atoms with van der Waals surface area (Å²) < 4.78 is 54.4. The number of nitrogens with one attached hydrogen (secondary N) is 2. The number of rotatable bonds is 10. The first-order valence-electron chi connectivity index (χ1n) is 10.4. The molecule has 0 spiro atoms. The van der Waals surface area contributed by atoms with Crippen molar-refractivity contribution in [3.8, 4) is 11.1 Å². The zero-order valence-corrected chi connectivity index (χ0v) is 19.7. The van der Waals surface area contributed by atoms with Crippen molar-refractivity contribution in [2.24, 2.45) is 0 Å². The molecule has 0 heterocycles. The third kappa shape index (κ3) is 7.08. The summed E-state index contributed by atoms with van der Waals surface area (Å²) in [6, 6.07) is 13.9. The average molecular weight is 523 g/mol. The van der Waals surface area contributed by atoms with E-state index in [0.717, 1.165) is 29.3 Å². The molecule has 0 saturated carbocycles. The second-order valence-corrected chi connectivity index (χ2v) is 9.72. The first-order valence-corrected chi connectivity index (χ1v) is 12.3. The Morgan fingerprint density at radius 3 is 2.14 bits per heavy atom. The van der Waals surface area contributed by atoms with E-state index in [1.54, 1.807) is 36.4 Å². The van der Waals surface area contributed by atoms with E-state index in [9.17, 15) is 31.9 Å². The quantitative estimate of drug-likeness (QED) is 0.345. The van der Waals surface area contributed by atoms with E-state index in [4.69, 9.17) is 11.6 Å². The molecule has 3 N–H and O–H groups in total. The van der Waals surface area contributed by atoms with Crippen LogP contribution in [0.4, 0.5) is 8.78 Å². The van der Waals surface area contributed by atoms with Crippen LogP contribution in [0.5, 0.6) is 0 Å². The van der Waals surface area contributed by atoms with E-state index in [1.165, 1.54) is 12.1 Å². The molecule has 3 rings (SSSR count). The summed E-state index contributed by atoms with van der Waals surface area (Å²) >= 11 is 5.87. The van der Waals surface area contributed by atoms with E-state index in [0.29, 0.717) is 5.02 Å². The lowest BCUT2D eigenvalue weighted by Crippen LogP contribution is -2.41. The molecule has 0 aliphatic rings. The van der Waals surface area contributed by atoms with Gasteiger partial charge in [-0.3, -0.25) is 9.59 Å². The van der Waals surface area contributed by atoms with Gasteiger partial charge in [-0.15, -0.1) is 0 Å². The van der Waals surface area contributed by atoms with E-state index >= 15 is 0 Å². The van der Waals surface area contributed by atoms with Gasteiger partial charge >= 0.3 is 5.97 Å². The molecule has 0 fully saturated rings. The Morgan fingerprint density at radius 2 is 1.54 bits per heavy atom. The number of hydrogen-bond donors (Lipinski definition) is 3. The third-order valence-electron chi connectivity index (χ3n) is 5.07. The van der Waals surface area contributed by atoms with Crippen LogP contribution in [-0.2, 0) is 14.8 Å². The van der Waals surface area contributed by atoms with Crippen LogP contribution in [0, 0.1) is 11.6 Å². The van der Waals surface area contributed by atoms with E-state index in [2.05, 4.69) is 10.0 Å². The molecular weight excluding hydrogens is 502 g/mol. The Kier molecular flexibility index (Phi) is 8.55. The number of benzene rings is 3. The minimum absolute atomic E-state index is 0.0671. The van der Waals surface area contributed by atoms with E-state index in [1.807, 2.05) is 0 Å². The molecule has 35 heavy (non-hydrogen) atoms. The minimum atomic E-state index is -4.15. The molecule has 11 heteroatoms.